The monoisotopic (exact) mass is 363 g/mol. The van der Waals surface area contributed by atoms with Crippen LogP contribution in [0.4, 0.5) is 5.69 Å². The van der Waals surface area contributed by atoms with Gasteiger partial charge in [-0.15, -0.1) is 5.10 Å². The van der Waals surface area contributed by atoms with Crippen LogP contribution in [0.1, 0.15) is 5.56 Å². The number of tetrazole rings is 1. The van der Waals surface area contributed by atoms with Crippen LogP contribution in [0.5, 0.6) is 0 Å². The molecule has 0 aliphatic rings. The van der Waals surface area contributed by atoms with Crippen molar-refractivity contribution in [2.24, 2.45) is 0 Å². The highest BCUT2D eigenvalue weighted by Gasteiger charge is 2.06. The molecule has 21 heavy (non-hydrogen) atoms. The molecule has 0 radical (unpaired) electrons. The van der Waals surface area contributed by atoms with E-state index in [1.54, 1.807) is 11.0 Å². The van der Waals surface area contributed by atoms with Gasteiger partial charge in [0.15, 0.2) is 0 Å². The average Bonchev–Trinajstić information content (AvgIpc) is 3.01. The second-order valence-corrected chi connectivity index (χ2v) is 5.65. The highest BCUT2D eigenvalue weighted by molar-refractivity contribution is 9.10. The summed E-state index contributed by atoms with van der Waals surface area (Å²) in [7, 11) is 0. The third-order valence-electron chi connectivity index (χ3n) is 2.98. The molecule has 3 rings (SSSR count). The fourth-order valence-electron chi connectivity index (χ4n) is 1.95. The normalized spacial score (nSPS) is 10.6. The van der Waals surface area contributed by atoms with E-state index >= 15 is 0 Å². The first kappa shape index (κ1) is 14.0. The van der Waals surface area contributed by atoms with Crippen molar-refractivity contribution in [1.29, 1.82) is 0 Å². The Hall–Kier alpha value is -1.92. The number of nitrogens with one attached hydrogen (secondary N) is 1. The van der Waals surface area contributed by atoms with Gasteiger partial charge in [0, 0.05) is 16.0 Å². The third-order valence-corrected chi connectivity index (χ3v) is 3.96. The summed E-state index contributed by atoms with van der Waals surface area (Å²) in [5.41, 5.74) is 2.96. The molecule has 3 aromatic rings. The number of hydrogen-bond acceptors (Lipinski definition) is 4. The molecule has 0 saturated heterocycles. The van der Waals surface area contributed by atoms with Gasteiger partial charge >= 0.3 is 0 Å². The lowest BCUT2D eigenvalue weighted by Gasteiger charge is -2.12. The second kappa shape index (κ2) is 6.24. The van der Waals surface area contributed by atoms with Crippen molar-refractivity contribution in [2.75, 3.05) is 5.32 Å². The first-order chi connectivity index (χ1) is 10.2. The van der Waals surface area contributed by atoms with Crippen LogP contribution in [0.2, 0.25) is 5.02 Å². The number of anilines is 1. The maximum atomic E-state index is 5.95. The number of hydrogen-bond donors (Lipinski definition) is 1. The Morgan fingerprint density at radius 3 is 2.81 bits per heavy atom. The van der Waals surface area contributed by atoms with Crippen LogP contribution in [0.15, 0.2) is 53.3 Å². The quantitative estimate of drug-likeness (QED) is 0.767. The Bertz CT molecular complexity index is 745. The van der Waals surface area contributed by atoms with Crippen LogP contribution in [0.3, 0.4) is 0 Å². The summed E-state index contributed by atoms with van der Waals surface area (Å²) in [6, 6.07) is 13.6. The lowest BCUT2D eigenvalue weighted by Crippen LogP contribution is -2.05. The highest BCUT2D eigenvalue weighted by atomic mass is 79.9. The van der Waals surface area contributed by atoms with Crippen molar-refractivity contribution in [2.45, 2.75) is 6.54 Å². The van der Waals surface area contributed by atoms with Gasteiger partial charge in [-0.25, -0.2) is 0 Å². The van der Waals surface area contributed by atoms with Crippen LogP contribution in [-0.4, -0.2) is 20.2 Å². The summed E-state index contributed by atoms with van der Waals surface area (Å²) in [4.78, 5) is 0. The predicted molar refractivity (Wildman–Crippen MR) is 85.6 cm³/mol. The maximum Gasteiger partial charge on any atom is 0.143 e. The van der Waals surface area contributed by atoms with Gasteiger partial charge in [0.25, 0.3) is 0 Å². The summed E-state index contributed by atoms with van der Waals surface area (Å²) in [6.45, 7) is 0.664. The molecule has 1 aromatic heterocycles. The Balaban J connectivity index is 1.83. The van der Waals surface area contributed by atoms with E-state index in [4.69, 9.17) is 11.6 Å². The van der Waals surface area contributed by atoms with Gasteiger partial charge in [0.2, 0.25) is 0 Å². The molecular formula is C14H11BrClN5. The number of para-hydroxylation sites is 2. The third kappa shape index (κ3) is 3.22. The van der Waals surface area contributed by atoms with E-state index in [1.165, 1.54) is 0 Å². The van der Waals surface area contributed by atoms with Crippen LogP contribution >= 0.6 is 27.5 Å². The molecule has 7 heteroatoms. The molecule has 5 nitrogen and oxygen atoms in total. The summed E-state index contributed by atoms with van der Waals surface area (Å²) in [5.74, 6) is 0. The van der Waals surface area contributed by atoms with Crippen molar-refractivity contribution >= 4 is 33.2 Å². The fraction of sp³-hybridized carbons (Fsp3) is 0.0714. The molecule has 2 aromatic carbocycles. The van der Waals surface area contributed by atoms with Crippen molar-refractivity contribution in [3.8, 4) is 5.69 Å². The molecule has 0 unspecified atom stereocenters. The molecule has 106 valence electrons. The minimum absolute atomic E-state index is 0.664. The zero-order valence-corrected chi connectivity index (χ0v) is 13.2. The van der Waals surface area contributed by atoms with Crippen molar-refractivity contribution in [3.05, 3.63) is 63.9 Å². The van der Waals surface area contributed by atoms with Gasteiger partial charge in [-0.3, -0.25) is 0 Å². The number of rotatable bonds is 4. The Kier molecular flexibility index (Phi) is 4.17. The molecule has 0 atom stereocenters. The zero-order chi connectivity index (χ0) is 14.7. The number of aromatic nitrogens is 4. The summed E-state index contributed by atoms with van der Waals surface area (Å²) >= 11 is 9.47. The van der Waals surface area contributed by atoms with E-state index in [0.29, 0.717) is 11.6 Å². The average molecular weight is 365 g/mol. The Morgan fingerprint density at radius 1 is 1.19 bits per heavy atom. The van der Waals surface area contributed by atoms with Gasteiger partial charge in [-0.2, -0.15) is 4.68 Å². The molecule has 0 amide bonds. The van der Waals surface area contributed by atoms with Crippen molar-refractivity contribution in [3.63, 3.8) is 0 Å². The zero-order valence-electron chi connectivity index (χ0n) is 10.9. The summed E-state index contributed by atoms with van der Waals surface area (Å²) in [6.07, 6.45) is 1.57. The van der Waals surface area contributed by atoms with Gasteiger partial charge < -0.3 is 5.32 Å². The first-order valence-electron chi connectivity index (χ1n) is 6.24. The lowest BCUT2D eigenvalue weighted by atomic mass is 10.2. The number of benzene rings is 2. The van der Waals surface area contributed by atoms with E-state index in [1.807, 2.05) is 42.5 Å². The van der Waals surface area contributed by atoms with E-state index in [-0.39, 0.29) is 0 Å². The lowest BCUT2D eigenvalue weighted by molar-refractivity contribution is 0.789. The van der Waals surface area contributed by atoms with Crippen molar-refractivity contribution < 1.29 is 0 Å². The fourth-order valence-corrected chi connectivity index (χ4v) is 2.77. The summed E-state index contributed by atoms with van der Waals surface area (Å²) < 4.78 is 2.60. The Morgan fingerprint density at radius 2 is 2.05 bits per heavy atom. The van der Waals surface area contributed by atoms with E-state index in [2.05, 4.69) is 36.8 Å². The molecule has 0 saturated carbocycles. The molecule has 0 aliphatic heterocycles. The van der Waals surface area contributed by atoms with E-state index in [0.717, 1.165) is 21.4 Å². The largest absolute Gasteiger partial charge is 0.379 e. The van der Waals surface area contributed by atoms with E-state index < -0.39 is 0 Å². The predicted octanol–water partition coefficient (Wildman–Crippen LogP) is 3.69. The van der Waals surface area contributed by atoms with Crippen molar-refractivity contribution in [1.82, 2.24) is 20.2 Å². The molecule has 0 aliphatic carbocycles. The molecule has 0 fully saturated rings. The molecule has 0 bridgehead atoms. The Labute approximate surface area is 135 Å². The number of halogens is 2. The first-order valence-corrected chi connectivity index (χ1v) is 7.41. The van der Waals surface area contributed by atoms with E-state index in [9.17, 15) is 0 Å². The SMILES string of the molecule is Clc1ccc(CNc2ccccc2-n2cnnn2)c(Br)c1. The minimum atomic E-state index is 0.664. The molecular weight excluding hydrogens is 354 g/mol. The topological polar surface area (TPSA) is 55.6 Å². The molecule has 1 heterocycles. The standard InChI is InChI=1S/C14H11BrClN5/c15-12-7-11(16)6-5-10(12)8-17-13-3-1-2-4-14(13)21-9-18-19-20-21/h1-7,9,17H,8H2. The van der Waals surface area contributed by atoms with Gasteiger partial charge in [0.05, 0.1) is 11.4 Å². The van der Waals surface area contributed by atoms with Crippen LogP contribution in [-0.2, 0) is 6.54 Å². The second-order valence-electron chi connectivity index (χ2n) is 4.36. The van der Waals surface area contributed by atoms with Gasteiger partial charge in [-0.05, 0) is 40.3 Å². The molecule has 1 N–H and O–H groups in total. The van der Waals surface area contributed by atoms with Gasteiger partial charge in [-0.1, -0.05) is 45.7 Å². The van der Waals surface area contributed by atoms with Gasteiger partial charge in [0.1, 0.15) is 6.33 Å². The van der Waals surface area contributed by atoms with Crippen LogP contribution in [0.25, 0.3) is 5.69 Å². The molecule has 0 spiro atoms. The smallest absolute Gasteiger partial charge is 0.143 e. The summed E-state index contributed by atoms with van der Waals surface area (Å²) in [5, 5.41) is 15.3. The maximum absolute atomic E-state index is 5.95. The minimum Gasteiger partial charge on any atom is -0.379 e. The number of nitrogens with zero attached hydrogens (tertiary/aromatic N) is 4. The van der Waals surface area contributed by atoms with Crippen LogP contribution < -0.4 is 5.32 Å². The highest BCUT2D eigenvalue weighted by Crippen LogP contribution is 2.24. The van der Waals surface area contributed by atoms with Crippen LogP contribution in [0, 0.1) is 0 Å².